The second-order valence-electron chi connectivity index (χ2n) is 6.68. The monoisotopic (exact) mass is 270 g/mol. The smallest absolute Gasteiger partial charge is 0.309 e. The molecule has 3 N–H and O–H groups in total. The van der Waals surface area contributed by atoms with Crippen LogP contribution in [-0.4, -0.2) is 34.0 Å². The van der Waals surface area contributed by atoms with Crippen molar-refractivity contribution in [1.29, 1.82) is 0 Å². The summed E-state index contributed by atoms with van der Waals surface area (Å²) in [4.78, 5) is 11.0. The van der Waals surface area contributed by atoms with E-state index in [4.69, 9.17) is 5.11 Å². The molecular formula is C15H26O4. The van der Waals surface area contributed by atoms with Gasteiger partial charge in [0.1, 0.15) is 0 Å². The van der Waals surface area contributed by atoms with E-state index in [0.717, 1.165) is 51.4 Å². The molecule has 0 aromatic heterocycles. The lowest BCUT2D eigenvalue weighted by Crippen LogP contribution is -2.16. The van der Waals surface area contributed by atoms with Crippen molar-refractivity contribution in [3.05, 3.63) is 0 Å². The summed E-state index contributed by atoms with van der Waals surface area (Å²) in [6.07, 6.45) is 8.53. The number of aliphatic carboxylic acids is 1. The maximum atomic E-state index is 11.0. The summed E-state index contributed by atoms with van der Waals surface area (Å²) in [5.41, 5.74) is -0.268. The molecule has 2 aliphatic carbocycles. The predicted molar refractivity (Wildman–Crippen MR) is 71.8 cm³/mol. The van der Waals surface area contributed by atoms with Gasteiger partial charge >= 0.3 is 5.97 Å². The Morgan fingerprint density at radius 1 is 1.05 bits per heavy atom. The van der Waals surface area contributed by atoms with E-state index in [1.807, 2.05) is 0 Å². The Morgan fingerprint density at radius 2 is 1.63 bits per heavy atom. The number of hydrogen-bond acceptors (Lipinski definition) is 3. The molecule has 19 heavy (non-hydrogen) atoms. The second-order valence-corrected chi connectivity index (χ2v) is 6.68. The lowest BCUT2D eigenvalue weighted by Gasteiger charge is -2.15. The average molecular weight is 270 g/mol. The van der Waals surface area contributed by atoms with E-state index in [1.54, 1.807) is 0 Å². The predicted octanol–water partition coefficient (Wildman–Crippen LogP) is 2.33. The average Bonchev–Trinajstić information content (AvgIpc) is 3.24. The summed E-state index contributed by atoms with van der Waals surface area (Å²) in [5.74, 6) is -0.666. The Bertz CT molecular complexity index is 318. The van der Waals surface area contributed by atoms with Crippen LogP contribution < -0.4 is 0 Å². The summed E-state index contributed by atoms with van der Waals surface area (Å²) >= 11 is 0. The standard InChI is InChI=1S/C15H26O4/c16-11-14(7-8-14)5-1-3-12(17)4-2-6-15(9-10-15)13(18)19/h12,16-17H,1-11H2,(H,18,19). The van der Waals surface area contributed by atoms with E-state index in [1.165, 1.54) is 0 Å². The molecule has 4 heteroatoms. The van der Waals surface area contributed by atoms with Gasteiger partial charge in [0.25, 0.3) is 0 Å². The maximum absolute atomic E-state index is 11.0. The molecule has 110 valence electrons. The minimum absolute atomic E-state index is 0.182. The first-order valence-corrected chi connectivity index (χ1v) is 7.54. The Morgan fingerprint density at radius 3 is 2.05 bits per heavy atom. The third kappa shape index (κ3) is 3.93. The Kier molecular flexibility index (Phi) is 4.51. The molecule has 2 saturated carbocycles. The molecule has 4 nitrogen and oxygen atoms in total. The quantitative estimate of drug-likeness (QED) is 0.569. The summed E-state index contributed by atoms with van der Waals surface area (Å²) in [6, 6.07) is 0. The fraction of sp³-hybridized carbons (Fsp3) is 0.933. The van der Waals surface area contributed by atoms with Crippen LogP contribution in [0.5, 0.6) is 0 Å². The number of carboxylic acid groups (broad SMARTS) is 1. The van der Waals surface area contributed by atoms with E-state index >= 15 is 0 Å². The third-order valence-corrected chi connectivity index (χ3v) is 5.04. The molecule has 0 bridgehead atoms. The first kappa shape index (κ1) is 14.8. The zero-order chi connectivity index (χ0) is 13.9. The normalized spacial score (nSPS) is 23.9. The molecular weight excluding hydrogens is 244 g/mol. The lowest BCUT2D eigenvalue weighted by molar-refractivity contribution is -0.143. The van der Waals surface area contributed by atoms with Crippen LogP contribution in [0.1, 0.15) is 64.2 Å². The first-order chi connectivity index (χ1) is 9.02. The van der Waals surface area contributed by atoms with Gasteiger partial charge in [-0.15, -0.1) is 0 Å². The summed E-state index contributed by atoms with van der Waals surface area (Å²) in [7, 11) is 0. The van der Waals surface area contributed by atoms with Gasteiger partial charge in [0, 0.05) is 6.61 Å². The molecule has 1 unspecified atom stereocenters. The highest BCUT2D eigenvalue weighted by molar-refractivity contribution is 5.77. The summed E-state index contributed by atoms with van der Waals surface area (Å²) in [6.45, 7) is 0.282. The van der Waals surface area contributed by atoms with Crippen LogP contribution in [0, 0.1) is 10.8 Å². The van der Waals surface area contributed by atoms with Gasteiger partial charge in [-0.05, 0) is 63.2 Å². The van der Waals surface area contributed by atoms with Crippen LogP contribution >= 0.6 is 0 Å². The topological polar surface area (TPSA) is 77.8 Å². The fourth-order valence-corrected chi connectivity index (χ4v) is 2.92. The van der Waals surface area contributed by atoms with Gasteiger partial charge in [-0.25, -0.2) is 0 Å². The van der Waals surface area contributed by atoms with Gasteiger partial charge in [0.15, 0.2) is 0 Å². The van der Waals surface area contributed by atoms with Crippen molar-refractivity contribution < 1.29 is 20.1 Å². The number of aliphatic hydroxyl groups excluding tert-OH is 2. The van der Waals surface area contributed by atoms with Crippen molar-refractivity contribution in [2.24, 2.45) is 10.8 Å². The fourth-order valence-electron chi connectivity index (χ4n) is 2.92. The van der Waals surface area contributed by atoms with Crippen LogP contribution in [-0.2, 0) is 4.79 Å². The number of aliphatic hydroxyl groups is 2. The van der Waals surface area contributed by atoms with Crippen molar-refractivity contribution in [3.63, 3.8) is 0 Å². The highest BCUT2D eigenvalue weighted by Crippen LogP contribution is 2.50. The van der Waals surface area contributed by atoms with Crippen LogP contribution in [0.3, 0.4) is 0 Å². The molecule has 0 spiro atoms. The highest BCUT2D eigenvalue weighted by Gasteiger charge is 2.49. The first-order valence-electron chi connectivity index (χ1n) is 7.54. The Labute approximate surface area is 114 Å². The molecule has 0 aliphatic heterocycles. The van der Waals surface area contributed by atoms with Gasteiger partial charge < -0.3 is 15.3 Å². The molecule has 2 fully saturated rings. The van der Waals surface area contributed by atoms with Crippen molar-refractivity contribution in [3.8, 4) is 0 Å². The molecule has 0 radical (unpaired) electrons. The van der Waals surface area contributed by atoms with E-state index in [2.05, 4.69) is 0 Å². The van der Waals surface area contributed by atoms with Crippen molar-refractivity contribution in [1.82, 2.24) is 0 Å². The van der Waals surface area contributed by atoms with E-state index in [-0.39, 0.29) is 18.1 Å². The van der Waals surface area contributed by atoms with Crippen LogP contribution in [0.15, 0.2) is 0 Å². The van der Waals surface area contributed by atoms with Crippen LogP contribution in [0.2, 0.25) is 0 Å². The van der Waals surface area contributed by atoms with Gasteiger partial charge in [-0.2, -0.15) is 0 Å². The van der Waals surface area contributed by atoms with Gasteiger partial charge in [0.05, 0.1) is 11.5 Å². The van der Waals surface area contributed by atoms with Gasteiger partial charge in [0.2, 0.25) is 0 Å². The van der Waals surface area contributed by atoms with Crippen LogP contribution in [0.4, 0.5) is 0 Å². The molecule has 0 heterocycles. The van der Waals surface area contributed by atoms with Crippen LogP contribution in [0.25, 0.3) is 0 Å². The SMILES string of the molecule is O=C(O)C1(CCCC(O)CCCC2(CO)CC2)CC1. The van der Waals surface area contributed by atoms with E-state index in [9.17, 15) is 15.0 Å². The lowest BCUT2D eigenvalue weighted by atomic mass is 9.95. The van der Waals surface area contributed by atoms with Crippen molar-refractivity contribution in [2.45, 2.75) is 70.3 Å². The molecule has 0 aromatic carbocycles. The molecule has 0 saturated heterocycles. The zero-order valence-corrected chi connectivity index (χ0v) is 11.6. The molecule has 2 aliphatic rings. The van der Waals surface area contributed by atoms with Gasteiger partial charge in [-0.1, -0.05) is 6.42 Å². The minimum Gasteiger partial charge on any atom is -0.481 e. The Hall–Kier alpha value is -0.610. The molecule has 2 rings (SSSR count). The largest absolute Gasteiger partial charge is 0.481 e. The second kappa shape index (κ2) is 5.80. The van der Waals surface area contributed by atoms with E-state index in [0.29, 0.717) is 12.8 Å². The van der Waals surface area contributed by atoms with Crippen molar-refractivity contribution >= 4 is 5.97 Å². The molecule has 1 atom stereocenters. The minimum atomic E-state index is -0.666. The number of hydrogen-bond donors (Lipinski definition) is 3. The Balaban J connectivity index is 1.53. The highest BCUT2D eigenvalue weighted by atomic mass is 16.4. The number of carbonyl (C=O) groups is 1. The maximum Gasteiger partial charge on any atom is 0.309 e. The number of rotatable bonds is 10. The number of carboxylic acids is 1. The van der Waals surface area contributed by atoms with Crippen molar-refractivity contribution in [2.75, 3.05) is 6.61 Å². The molecule has 0 amide bonds. The summed E-state index contributed by atoms with van der Waals surface area (Å²) < 4.78 is 0. The summed E-state index contributed by atoms with van der Waals surface area (Å²) in [5, 5.41) is 28.1. The third-order valence-electron chi connectivity index (χ3n) is 5.04. The molecule has 0 aromatic rings. The van der Waals surface area contributed by atoms with E-state index < -0.39 is 11.4 Å². The zero-order valence-electron chi connectivity index (χ0n) is 11.6. The van der Waals surface area contributed by atoms with Gasteiger partial charge in [-0.3, -0.25) is 4.79 Å².